The van der Waals surface area contributed by atoms with Crippen LogP contribution >= 0.6 is 43.5 Å². The Labute approximate surface area is 105 Å². The van der Waals surface area contributed by atoms with Crippen molar-refractivity contribution < 1.29 is 0 Å². The maximum absolute atomic E-state index is 5.88. The van der Waals surface area contributed by atoms with Gasteiger partial charge in [-0.05, 0) is 57.0 Å². The van der Waals surface area contributed by atoms with Crippen molar-refractivity contribution in [3.05, 3.63) is 26.1 Å². The first-order valence-corrected chi connectivity index (χ1v) is 6.20. The van der Waals surface area contributed by atoms with Crippen LogP contribution in [0.3, 0.4) is 0 Å². The zero-order valence-corrected chi connectivity index (χ0v) is 11.4. The van der Waals surface area contributed by atoms with E-state index in [1.165, 1.54) is 0 Å². The third-order valence-electron chi connectivity index (χ3n) is 1.69. The molecule has 78 valence electrons. The molecule has 0 saturated carbocycles. The van der Waals surface area contributed by atoms with E-state index in [0.29, 0.717) is 11.6 Å². The van der Waals surface area contributed by atoms with Crippen LogP contribution in [-0.2, 0) is 0 Å². The van der Waals surface area contributed by atoms with Crippen molar-refractivity contribution in [1.82, 2.24) is 0 Å². The highest BCUT2D eigenvalue weighted by atomic mass is 79.9. The lowest BCUT2D eigenvalue weighted by Crippen LogP contribution is -2.09. The molecular weight excluding hydrogens is 331 g/mol. The molecule has 1 aromatic carbocycles. The minimum absolute atomic E-state index is 0.690. The standard InChI is InChI=1S/C9H11Br2ClN2/c10-7-4-6(12)5-8(11)9(7)14-3-1-2-13/h4-5,14H,1-3,13H2. The summed E-state index contributed by atoms with van der Waals surface area (Å²) in [6, 6.07) is 3.72. The molecule has 0 amide bonds. The Bertz CT molecular complexity index is 295. The van der Waals surface area contributed by atoms with E-state index in [9.17, 15) is 0 Å². The number of nitrogens with two attached hydrogens (primary N) is 1. The fraction of sp³-hybridized carbons (Fsp3) is 0.333. The lowest BCUT2D eigenvalue weighted by Gasteiger charge is -2.10. The van der Waals surface area contributed by atoms with Gasteiger partial charge in [-0.25, -0.2) is 0 Å². The van der Waals surface area contributed by atoms with Crippen molar-refractivity contribution in [2.24, 2.45) is 5.73 Å². The molecule has 3 N–H and O–H groups in total. The number of halogens is 3. The van der Waals surface area contributed by atoms with Crippen LogP contribution in [0.2, 0.25) is 5.02 Å². The predicted molar refractivity (Wildman–Crippen MR) is 69.0 cm³/mol. The monoisotopic (exact) mass is 340 g/mol. The van der Waals surface area contributed by atoms with E-state index in [4.69, 9.17) is 17.3 Å². The van der Waals surface area contributed by atoms with Crippen LogP contribution in [0.5, 0.6) is 0 Å². The Morgan fingerprint density at radius 2 is 1.86 bits per heavy atom. The van der Waals surface area contributed by atoms with Gasteiger partial charge in [0.1, 0.15) is 0 Å². The van der Waals surface area contributed by atoms with Gasteiger partial charge in [0.05, 0.1) is 5.69 Å². The van der Waals surface area contributed by atoms with E-state index in [1.807, 2.05) is 12.1 Å². The highest BCUT2D eigenvalue weighted by Gasteiger charge is 2.05. The van der Waals surface area contributed by atoms with Gasteiger partial charge in [0.25, 0.3) is 0 Å². The molecule has 0 aliphatic rings. The second kappa shape index (κ2) is 5.95. The first kappa shape index (κ1) is 12.3. The van der Waals surface area contributed by atoms with Gasteiger partial charge in [0, 0.05) is 20.5 Å². The van der Waals surface area contributed by atoms with Crippen molar-refractivity contribution in [1.29, 1.82) is 0 Å². The van der Waals surface area contributed by atoms with Crippen molar-refractivity contribution in [3.63, 3.8) is 0 Å². The zero-order valence-electron chi connectivity index (χ0n) is 7.49. The van der Waals surface area contributed by atoms with Crippen molar-refractivity contribution in [2.75, 3.05) is 18.4 Å². The summed E-state index contributed by atoms with van der Waals surface area (Å²) in [6.45, 7) is 1.55. The predicted octanol–water partition coefficient (Wildman–Crippen LogP) is 3.63. The van der Waals surface area contributed by atoms with Gasteiger partial charge in [-0.15, -0.1) is 0 Å². The topological polar surface area (TPSA) is 38.0 Å². The highest BCUT2D eigenvalue weighted by Crippen LogP contribution is 2.33. The van der Waals surface area contributed by atoms with Crippen molar-refractivity contribution >= 4 is 49.1 Å². The van der Waals surface area contributed by atoms with E-state index in [1.54, 1.807) is 0 Å². The molecular formula is C9H11Br2ClN2. The molecule has 0 unspecified atom stereocenters. The van der Waals surface area contributed by atoms with Crippen molar-refractivity contribution in [2.45, 2.75) is 6.42 Å². The Kier molecular flexibility index (Phi) is 5.23. The number of anilines is 1. The number of hydrogen-bond donors (Lipinski definition) is 2. The summed E-state index contributed by atoms with van der Waals surface area (Å²) < 4.78 is 1.91. The average Bonchev–Trinajstić information content (AvgIpc) is 2.09. The summed E-state index contributed by atoms with van der Waals surface area (Å²) in [5.74, 6) is 0. The Balaban J connectivity index is 2.75. The molecule has 0 radical (unpaired) electrons. The SMILES string of the molecule is NCCCNc1c(Br)cc(Cl)cc1Br. The molecule has 2 nitrogen and oxygen atoms in total. The summed E-state index contributed by atoms with van der Waals surface area (Å²) in [5.41, 5.74) is 6.42. The molecule has 0 spiro atoms. The molecule has 5 heteroatoms. The lowest BCUT2D eigenvalue weighted by molar-refractivity contribution is 0.873. The molecule has 0 aliphatic carbocycles. The number of rotatable bonds is 4. The molecule has 0 bridgehead atoms. The van der Waals surface area contributed by atoms with Gasteiger partial charge >= 0.3 is 0 Å². The number of hydrogen-bond acceptors (Lipinski definition) is 2. The van der Waals surface area contributed by atoms with E-state index in [0.717, 1.165) is 27.6 Å². The number of benzene rings is 1. The maximum Gasteiger partial charge on any atom is 0.0630 e. The normalized spacial score (nSPS) is 10.3. The minimum Gasteiger partial charge on any atom is -0.383 e. The van der Waals surface area contributed by atoms with Crippen LogP contribution in [0.1, 0.15) is 6.42 Å². The van der Waals surface area contributed by atoms with Crippen LogP contribution in [0.25, 0.3) is 0 Å². The largest absolute Gasteiger partial charge is 0.383 e. The average molecular weight is 342 g/mol. The maximum atomic E-state index is 5.88. The second-order valence-corrected chi connectivity index (χ2v) is 4.96. The van der Waals surface area contributed by atoms with E-state index >= 15 is 0 Å². The van der Waals surface area contributed by atoms with Crippen molar-refractivity contribution in [3.8, 4) is 0 Å². The fourth-order valence-electron chi connectivity index (χ4n) is 1.03. The minimum atomic E-state index is 0.690. The molecule has 1 rings (SSSR count). The first-order chi connectivity index (χ1) is 6.65. The van der Waals surface area contributed by atoms with Gasteiger partial charge in [-0.2, -0.15) is 0 Å². The van der Waals surface area contributed by atoms with E-state index in [2.05, 4.69) is 37.2 Å². The highest BCUT2D eigenvalue weighted by molar-refractivity contribution is 9.11. The van der Waals surface area contributed by atoms with Gasteiger partial charge in [-0.3, -0.25) is 0 Å². The van der Waals surface area contributed by atoms with Gasteiger partial charge in [0.15, 0.2) is 0 Å². The quantitative estimate of drug-likeness (QED) is 0.820. The van der Waals surface area contributed by atoms with E-state index < -0.39 is 0 Å². The first-order valence-electron chi connectivity index (χ1n) is 4.23. The van der Waals surface area contributed by atoms with Gasteiger partial charge < -0.3 is 11.1 Å². The summed E-state index contributed by atoms with van der Waals surface area (Å²) in [7, 11) is 0. The summed E-state index contributed by atoms with van der Waals surface area (Å²) in [5, 5.41) is 3.98. The van der Waals surface area contributed by atoms with Crippen LogP contribution in [-0.4, -0.2) is 13.1 Å². The van der Waals surface area contributed by atoms with Gasteiger partial charge in [0.2, 0.25) is 0 Å². The molecule has 0 heterocycles. The van der Waals surface area contributed by atoms with Gasteiger partial charge in [-0.1, -0.05) is 11.6 Å². The molecule has 0 fully saturated rings. The molecule has 14 heavy (non-hydrogen) atoms. The van der Waals surface area contributed by atoms with Crippen LogP contribution in [0.15, 0.2) is 21.1 Å². The Morgan fingerprint density at radius 3 is 2.36 bits per heavy atom. The van der Waals surface area contributed by atoms with Crippen LogP contribution < -0.4 is 11.1 Å². The molecule has 1 aromatic rings. The van der Waals surface area contributed by atoms with E-state index in [-0.39, 0.29) is 0 Å². The van der Waals surface area contributed by atoms with Crippen LogP contribution in [0.4, 0.5) is 5.69 Å². The third-order valence-corrected chi connectivity index (χ3v) is 3.16. The summed E-state index contributed by atoms with van der Waals surface area (Å²) >= 11 is 12.8. The molecule has 0 atom stereocenters. The smallest absolute Gasteiger partial charge is 0.0630 e. The fourth-order valence-corrected chi connectivity index (χ4v) is 2.98. The Hall–Kier alpha value is 0.230. The molecule has 0 aromatic heterocycles. The summed E-state index contributed by atoms with van der Waals surface area (Å²) in [4.78, 5) is 0. The summed E-state index contributed by atoms with van der Waals surface area (Å²) in [6.07, 6.45) is 0.946. The second-order valence-electron chi connectivity index (χ2n) is 2.81. The molecule has 0 aliphatic heterocycles. The third kappa shape index (κ3) is 3.42. The zero-order chi connectivity index (χ0) is 10.6. The lowest BCUT2D eigenvalue weighted by atomic mass is 10.3. The van der Waals surface area contributed by atoms with Crippen LogP contribution in [0, 0.1) is 0 Å². The Morgan fingerprint density at radius 1 is 1.29 bits per heavy atom. The number of nitrogens with one attached hydrogen (secondary N) is 1. The molecule has 0 saturated heterocycles.